The predicted octanol–water partition coefficient (Wildman–Crippen LogP) is 4.74. The Hall–Kier alpha value is -3.40. The fraction of sp³-hybridized carbons (Fsp3) is 0.400. The molecule has 35 heavy (non-hydrogen) atoms. The number of amides is 1. The van der Waals surface area contributed by atoms with Gasteiger partial charge in [0.2, 0.25) is 17.6 Å². The Morgan fingerprint density at radius 1 is 1.09 bits per heavy atom. The average Bonchev–Trinajstić information content (AvgIpc) is 3.59. The highest BCUT2D eigenvalue weighted by molar-refractivity contribution is 7.99. The number of carbonyl (C=O) groups is 1. The van der Waals surface area contributed by atoms with Crippen LogP contribution in [0.2, 0.25) is 0 Å². The summed E-state index contributed by atoms with van der Waals surface area (Å²) in [5.41, 5.74) is 0.513. The molecular formula is C25H28N6O3S. The van der Waals surface area contributed by atoms with E-state index in [2.05, 4.69) is 37.8 Å². The van der Waals surface area contributed by atoms with Crippen molar-refractivity contribution in [1.82, 2.24) is 30.2 Å². The van der Waals surface area contributed by atoms with Gasteiger partial charge in [0.1, 0.15) is 5.54 Å². The number of aromatic nitrogens is 5. The van der Waals surface area contributed by atoms with Crippen LogP contribution in [0.15, 0.2) is 62.8 Å². The number of furan rings is 1. The molecule has 0 bridgehead atoms. The quantitative estimate of drug-likeness (QED) is 0.277. The predicted molar refractivity (Wildman–Crippen MR) is 131 cm³/mol. The van der Waals surface area contributed by atoms with Crippen molar-refractivity contribution in [2.24, 2.45) is 0 Å². The Kier molecular flexibility index (Phi) is 6.98. The van der Waals surface area contributed by atoms with Gasteiger partial charge in [0.25, 0.3) is 0 Å². The number of carbonyl (C=O) groups excluding carboxylic acids is 1. The lowest BCUT2D eigenvalue weighted by molar-refractivity contribution is -0.120. The zero-order valence-electron chi connectivity index (χ0n) is 19.6. The molecule has 0 atom stereocenters. The van der Waals surface area contributed by atoms with Crippen molar-refractivity contribution in [3.8, 4) is 11.6 Å². The van der Waals surface area contributed by atoms with Crippen molar-refractivity contribution in [2.75, 3.05) is 5.75 Å². The molecule has 0 spiro atoms. The van der Waals surface area contributed by atoms with Crippen molar-refractivity contribution < 1.29 is 13.7 Å². The normalized spacial score (nSPS) is 15.6. The minimum Gasteiger partial charge on any atom is -0.461 e. The van der Waals surface area contributed by atoms with E-state index in [-0.39, 0.29) is 11.7 Å². The number of hydrogen-bond donors (Lipinski definition) is 1. The van der Waals surface area contributed by atoms with Crippen LogP contribution in [-0.2, 0) is 16.9 Å². The first-order chi connectivity index (χ1) is 17.1. The van der Waals surface area contributed by atoms with E-state index in [9.17, 15) is 4.79 Å². The van der Waals surface area contributed by atoms with Gasteiger partial charge in [0.05, 0.1) is 18.6 Å². The molecule has 0 unspecified atom stereocenters. The Morgan fingerprint density at radius 3 is 2.57 bits per heavy atom. The summed E-state index contributed by atoms with van der Waals surface area (Å²) < 4.78 is 12.8. The van der Waals surface area contributed by atoms with Crippen LogP contribution >= 0.6 is 11.8 Å². The highest BCUT2D eigenvalue weighted by atomic mass is 32.2. The average molecular weight is 493 g/mol. The molecular weight excluding hydrogens is 464 g/mol. The van der Waals surface area contributed by atoms with Crippen LogP contribution in [0.25, 0.3) is 11.6 Å². The first-order valence-electron chi connectivity index (χ1n) is 11.9. The van der Waals surface area contributed by atoms with Crippen LogP contribution in [0.1, 0.15) is 55.8 Å². The molecule has 1 N–H and O–H groups in total. The lowest BCUT2D eigenvalue weighted by Crippen LogP contribution is -2.47. The summed E-state index contributed by atoms with van der Waals surface area (Å²) in [5, 5.41) is 16.8. The second-order valence-electron chi connectivity index (χ2n) is 8.83. The summed E-state index contributed by atoms with van der Waals surface area (Å²) in [5.74, 6) is 2.45. The van der Waals surface area contributed by atoms with Crippen molar-refractivity contribution in [2.45, 2.75) is 62.7 Å². The van der Waals surface area contributed by atoms with Crippen molar-refractivity contribution in [1.29, 1.82) is 0 Å². The Morgan fingerprint density at radius 2 is 1.89 bits per heavy atom. The van der Waals surface area contributed by atoms with Crippen LogP contribution in [0, 0.1) is 6.92 Å². The van der Waals surface area contributed by atoms with Gasteiger partial charge < -0.3 is 14.3 Å². The molecule has 5 rings (SSSR count). The maximum absolute atomic E-state index is 13.2. The maximum Gasteiger partial charge on any atom is 0.231 e. The largest absolute Gasteiger partial charge is 0.461 e. The van der Waals surface area contributed by atoms with Crippen LogP contribution in [0.3, 0.4) is 0 Å². The summed E-state index contributed by atoms with van der Waals surface area (Å²) in [6.45, 7) is 2.34. The number of nitrogens with one attached hydrogen (secondary N) is 1. The van der Waals surface area contributed by atoms with Crippen molar-refractivity contribution in [3.05, 3.63) is 66.0 Å². The smallest absolute Gasteiger partial charge is 0.231 e. The lowest BCUT2D eigenvalue weighted by Gasteiger charge is -2.30. The van der Waals surface area contributed by atoms with Crippen LogP contribution in [-0.4, -0.2) is 36.6 Å². The minimum absolute atomic E-state index is 0.0897. The zero-order valence-corrected chi connectivity index (χ0v) is 20.5. The second kappa shape index (κ2) is 10.5. The molecule has 1 aromatic carbocycles. The standard InChI is InChI=1S/C25H28N6O3S/c1-18-26-23(30-34-18)25(13-7-2-3-8-14-25)27-21(32)17-35-24-29-28-22(20-12-9-15-33-20)31(24)16-19-10-5-4-6-11-19/h4-6,9-12,15H,2-3,7-8,13-14,16-17H2,1H3,(H,27,32). The summed E-state index contributed by atoms with van der Waals surface area (Å²) in [6, 6.07) is 13.8. The number of nitrogens with zero attached hydrogens (tertiary/aromatic N) is 5. The van der Waals surface area contributed by atoms with E-state index < -0.39 is 5.54 Å². The van der Waals surface area contributed by atoms with Crippen LogP contribution in [0.4, 0.5) is 0 Å². The molecule has 10 heteroatoms. The van der Waals surface area contributed by atoms with Crippen molar-refractivity contribution in [3.63, 3.8) is 0 Å². The first kappa shape index (κ1) is 23.3. The molecule has 1 aliphatic rings. The highest BCUT2D eigenvalue weighted by Gasteiger charge is 2.38. The van der Waals surface area contributed by atoms with Gasteiger partial charge in [-0.2, -0.15) is 4.98 Å². The van der Waals surface area contributed by atoms with E-state index in [1.54, 1.807) is 13.2 Å². The molecule has 4 aromatic rings. The molecule has 3 heterocycles. The van der Waals surface area contributed by atoms with Crippen LogP contribution in [0.5, 0.6) is 0 Å². The van der Waals surface area contributed by atoms with Gasteiger partial charge in [-0.05, 0) is 30.5 Å². The number of benzene rings is 1. The lowest BCUT2D eigenvalue weighted by atomic mass is 9.89. The number of hydrogen-bond acceptors (Lipinski definition) is 8. The fourth-order valence-electron chi connectivity index (χ4n) is 4.56. The number of rotatable bonds is 8. The van der Waals surface area contributed by atoms with Crippen molar-refractivity contribution >= 4 is 17.7 Å². The second-order valence-corrected chi connectivity index (χ2v) is 9.77. The Bertz CT molecular complexity index is 1240. The third-order valence-corrected chi connectivity index (χ3v) is 7.23. The molecule has 0 radical (unpaired) electrons. The molecule has 1 amide bonds. The van der Waals surface area contributed by atoms with Gasteiger partial charge in [-0.25, -0.2) is 0 Å². The number of aryl methyl sites for hydroxylation is 1. The molecule has 0 saturated heterocycles. The topological polar surface area (TPSA) is 112 Å². The number of thioether (sulfide) groups is 1. The molecule has 1 saturated carbocycles. The maximum atomic E-state index is 13.2. The van der Waals surface area contributed by atoms with Gasteiger partial charge in [-0.15, -0.1) is 10.2 Å². The highest BCUT2D eigenvalue weighted by Crippen LogP contribution is 2.35. The van der Waals surface area contributed by atoms with Crippen LogP contribution < -0.4 is 5.32 Å². The molecule has 1 fully saturated rings. The van der Waals surface area contributed by atoms with E-state index in [0.29, 0.717) is 35.0 Å². The van der Waals surface area contributed by atoms with Gasteiger partial charge in [0, 0.05) is 6.92 Å². The summed E-state index contributed by atoms with van der Waals surface area (Å²) in [6.07, 6.45) is 7.52. The Labute approximate surface area is 207 Å². The van der Waals surface area contributed by atoms with E-state index in [1.165, 1.54) is 11.8 Å². The van der Waals surface area contributed by atoms with Gasteiger partial charge in [-0.3, -0.25) is 9.36 Å². The molecule has 3 aromatic heterocycles. The van der Waals surface area contributed by atoms with Gasteiger partial charge in [0.15, 0.2) is 16.7 Å². The van der Waals surface area contributed by atoms with E-state index in [0.717, 1.165) is 44.1 Å². The minimum atomic E-state index is -0.594. The fourth-order valence-corrected chi connectivity index (χ4v) is 5.29. The third-order valence-electron chi connectivity index (χ3n) is 6.27. The summed E-state index contributed by atoms with van der Waals surface area (Å²) in [4.78, 5) is 17.7. The molecule has 0 aliphatic heterocycles. The summed E-state index contributed by atoms with van der Waals surface area (Å²) in [7, 11) is 0. The monoisotopic (exact) mass is 492 g/mol. The first-order valence-corrected chi connectivity index (χ1v) is 12.9. The Balaban J connectivity index is 1.34. The van der Waals surface area contributed by atoms with E-state index in [4.69, 9.17) is 8.94 Å². The molecule has 9 nitrogen and oxygen atoms in total. The molecule has 1 aliphatic carbocycles. The SMILES string of the molecule is Cc1nc(C2(NC(=O)CSc3nnc(-c4ccco4)n3Cc3ccccc3)CCCCCC2)no1. The third kappa shape index (κ3) is 5.32. The molecule has 182 valence electrons. The van der Waals surface area contributed by atoms with Gasteiger partial charge in [-0.1, -0.05) is 72.9 Å². The summed E-state index contributed by atoms with van der Waals surface area (Å²) >= 11 is 1.36. The van der Waals surface area contributed by atoms with E-state index >= 15 is 0 Å². The van der Waals surface area contributed by atoms with Gasteiger partial charge >= 0.3 is 0 Å². The zero-order chi connectivity index (χ0) is 24.1. The van der Waals surface area contributed by atoms with E-state index in [1.807, 2.05) is 34.9 Å².